The van der Waals surface area contributed by atoms with E-state index in [1.807, 2.05) is 0 Å². The lowest BCUT2D eigenvalue weighted by atomic mass is 10.0. The molecular formula is C19H23N. The van der Waals surface area contributed by atoms with Crippen LogP contribution in [0.2, 0.25) is 0 Å². The average molecular weight is 265 g/mol. The molecule has 2 aromatic rings. The zero-order chi connectivity index (χ0) is 13.9. The van der Waals surface area contributed by atoms with E-state index in [1.54, 1.807) is 0 Å². The lowest BCUT2D eigenvalue weighted by Gasteiger charge is -2.12. The summed E-state index contributed by atoms with van der Waals surface area (Å²) >= 11 is 0. The molecule has 1 aromatic carbocycles. The summed E-state index contributed by atoms with van der Waals surface area (Å²) in [7, 11) is 0. The number of hydrogen-bond donors (Lipinski definition) is 0. The summed E-state index contributed by atoms with van der Waals surface area (Å²) in [6.45, 7) is 4.34. The van der Waals surface area contributed by atoms with Crippen molar-refractivity contribution in [3.63, 3.8) is 0 Å². The van der Waals surface area contributed by atoms with E-state index in [0.717, 1.165) is 12.8 Å². The number of nitrogens with zero attached hydrogens (tertiary/aromatic N) is 1. The van der Waals surface area contributed by atoms with Crippen molar-refractivity contribution in [2.75, 3.05) is 0 Å². The Hall–Kier alpha value is -1.63. The molecule has 1 nitrogen and oxygen atoms in total. The van der Waals surface area contributed by atoms with Crippen molar-refractivity contribution in [2.24, 2.45) is 0 Å². The van der Waals surface area contributed by atoms with Crippen LogP contribution in [0.5, 0.6) is 0 Å². The fraction of sp³-hybridized carbons (Fsp3) is 0.421. The minimum absolute atomic E-state index is 0.958. The summed E-state index contributed by atoms with van der Waals surface area (Å²) in [4.78, 5) is 4.99. The first-order valence-electron chi connectivity index (χ1n) is 7.76. The summed E-state index contributed by atoms with van der Waals surface area (Å²) < 4.78 is 0. The smallest absolute Gasteiger partial charge is 0.0480 e. The maximum absolute atomic E-state index is 4.99. The zero-order valence-corrected chi connectivity index (χ0v) is 12.6. The molecular weight excluding hydrogens is 242 g/mol. The molecule has 0 amide bonds. The second-order valence-electron chi connectivity index (χ2n) is 6.08. The third kappa shape index (κ3) is 2.92. The molecule has 1 aliphatic carbocycles. The van der Waals surface area contributed by atoms with Gasteiger partial charge in [0.1, 0.15) is 0 Å². The van der Waals surface area contributed by atoms with Crippen molar-refractivity contribution in [3.8, 4) is 0 Å². The zero-order valence-electron chi connectivity index (χ0n) is 12.6. The summed E-state index contributed by atoms with van der Waals surface area (Å²) in [5.74, 6) is 0. The molecule has 0 bridgehead atoms. The number of rotatable bonds is 2. The van der Waals surface area contributed by atoms with Crippen molar-refractivity contribution < 1.29 is 0 Å². The summed E-state index contributed by atoms with van der Waals surface area (Å²) in [6, 6.07) is 11.2. The predicted molar refractivity (Wildman–Crippen MR) is 84.2 cm³/mol. The molecule has 0 radical (unpaired) electrons. The van der Waals surface area contributed by atoms with Crippen LogP contribution in [-0.4, -0.2) is 4.98 Å². The fourth-order valence-corrected chi connectivity index (χ4v) is 3.05. The highest BCUT2D eigenvalue weighted by molar-refractivity contribution is 5.34. The van der Waals surface area contributed by atoms with Crippen LogP contribution >= 0.6 is 0 Å². The van der Waals surface area contributed by atoms with Gasteiger partial charge in [0.25, 0.3) is 0 Å². The molecule has 1 aromatic heterocycles. The Kier molecular flexibility index (Phi) is 3.86. The van der Waals surface area contributed by atoms with E-state index < -0.39 is 0 Å². The quantitative estimate of drug-likeness (QED) is 0.725. The maximum Gasteiger partial charge on any atom is 0.0480 e. The minimum atomic E-state index is 0.958. The Morgan fingerprint density at radius 2 is 1.70 bits per heavy atom. The summed E-state index contributed by atoms with van der Waals surface area (Å²) in [5, 5.41) is 0. The first-order valence-corrected chi connectivity index (χ1v) is 7.76. The van der Waals surface area contributed by atoms with Gasteiger partial charge in [-0.25, -0.2) is 0 Å². The molecule has 0 saturated carbocycles. The van der Waals surface area contributed by atoms with Crippen LogP contribution in [0.25, 0.3) is 0 Å². The lowest BCUT2D eigenvalue weighted by Crippen LogP contribution is -2.03. The minimum Gasteiger partial charge on any atom is -0.257 e. The van der Waals surface area contributed by atoms with E-state index in [1.165, 1.54) is 59.3 Å². The van der Waals surface area contributed by atoms with Crippen molar-refractivity contribution in [2.45, 2.75) is 52.4 Å². The van der Waals surface area contributed by atoms with Gasteiger partial charge in [-0.05, 0) is 56.2 Å². The highest BCUT2D eigenvalue weighted by atomic mass is 14.7. The molecule has 20 heavy (non-hydrogen) atoms. The van der Waals surface area contributed by atoms with Gasteiger partial charge in [0, 0.05) is 17.8 Å². The first kappa shape index (κ1) is 13.4. The largest absolute Gasteiger partial charge is 0.257 e. The van der Waals surface area contributed by atoms with Gasteiger partial charge in [0.05, 0.1) is 0 Å². The molecule has 0 fully saturated rings. The van der Waals surface area contributed by atoms with Crippen molar-refractivity contribution >= 4 is 0 Å². The molecule has 1 heteroatoms. The van der Waals surface area contributed by atoms with E-state index in [2.05, 4.69) is 44.2 Å². The maximum atomic E-state index is 4.99. The predicted octanol–water partition coefficient (Wildman–Crippen LogP) is 4.56. The number of aryl methyl sites for hydroxylation is 4. The molecule has 104 valence electrons. The number of fused-ring (bicyclic) bond motifs is 1. The Balaban J connectivity index is 1.89. The van der Waals surface area contributed by atoms with Gasteiger partial charge >= 0.3 is 0 Å². The topological polar surface area (TPSA) is 12.9 Å². The van der Waals surface area contributed by atoms with E-state index in [4.69, 9.17) is 4.98 Å². The molecule has 0 saturated heterocycles. The van der Waals surface area contributed by atoms with Crippen molar-refractivity contribution in [1.82, 2.24) is 4.98 Å². The fourth-order valence-electron chi connectivity index (χ4n) is 3.05. The van der Waals surface area contributed by atoms with Gasteiger partial charge in [-0.3, -0.25) is 4.98 Å². The van der Waals surface area contributed by atoms with Gasteiger partial charge in [-0.15, -0.1) is 0 Å². The summed E-state index contributed by atoms with van der Waals surface area (Å²) in [5.41, 5.74) is 8.14. The van der Waals surface area contributed by atoms with Gasteiger partial charge < -0.3 is 0 Å². The Morgan fingerprint density at radius 1 is 0.950 bits per heavy atom. The SMILES string of the molecule is Cc1ccc(Cc2nc3c(cc2C)CCCCC3)cc1. The highest BCUT2D eigenvalue weighted by Crippen LogP contribution is 2.23. The van der Waals surface area contributed by atoms with Crippen LogP contribution in [0.1, 0.15) is 52.9 Å². The van der Waals surface area contributed by atoms with E-state index >= 15 is 0 Å². The van der Waals surface area contributed by atoms with Crippen LogP contribution in [0.15, 0.2) is 30.3 Å². The van der Waals surface area contributed by atoms with Gasteiger partial charge in [-0.2, -0.15) is 0 Å². The van der Waals surface area contributed by atoms with E-state index in [-0.39, 0.29) is 0 Å². The third-order valence-electron chi connectivity index (χ3n) is 4.34. The van der Waals surface area contributed by atoms with Crippen molar-refractivity contribution in [3.05, 3.63) is 64.0 Å². The van der Waals surface area contributed by atoms with Gasteiger partial charge in [-0.1, -0.05) is 42.3 Å². The van der Waals surface area contributed by atoms with Crippen LogP contribution < -0.4 is 0 Å². The molecule has 1 aliphatic rings. The second-order valence-corrected chi connectivity index (χ2v) is 6.08. The lowest BCUT2D eigenvalue weighted by molar-refractivity contribution is 0.708. The van der Waals surface area contributed by atoms with Crippen LogP contribution in [0.4, 0.5) is 0 Å². The Labute approximate surface area is 122 Å². The van der Waals surface area contributed by atoms with Gasteiger partial charge in [0.2, 0.25) is 0 Å². The second kappa shape index (κ2) is 5.78. The normalized spacial score (nSPS) is 14.7. The third-order valence-corrected chi connectivity index (χ3v) is 4.34. The van der Waals surface area contributed by atoms with Crippen molar-refractivity contribution in [1.29, 1.82) is 0 Å². The standard InChI is InChI=1S/C19H23N/c1-14-8-10-16(11-9-14)13-19-15(2)12-17-6-4-3-5-7-18(17)20-19/h8-12H,3-7,13H2,1-2H3. The number of hydrogen-bond acceptors (Lipinski definition) is 1. The molecule has 0 spiro atoms. The van der Waals surface area contributed by atoms with Crippen LogP contribution in [-0.2, 0) is 19.3 Å². The summed E-state index contributed by atoms with van der Waals surface area (Å²) in [6.07, 6.45) is 7.31. The molecule has 3 rings (SSSR count). The van der Waals surface area contributed by atoms with Gasteiger partial charge in [0.15, 0.2) is 0 Å². The molecule has 0 N–H and O–H groups in total. The molecule has 0 unspecified atom stereocenters. The van der Waals surface area contributed by atoms with E-state index in [0.29, 0.717) is 0 Å². The molecule has 0 atom stereocenters. The number of benzene rings is 1. The van der Waals surface area contributed by atoms with E-state index in [9.17, 15) is 0 Å². The molecule has 0 aliphatic heterocycles. The Morgan fingerprint density at radius 3 is 2.50 bits per heavy atom. The first-order chi connectivity index (χ1) is 9.72. The molecule has 1 heterocycles. The Bertz CT molecular complexity index is 596. The van der Waals surface area contributed by atoms with Crippen LogP contribution in [0.3, 0.4) is 0 Å². The number of pyridine rings is 1. The van der Waals surface area contributed by atoms with Crippen LogP contribution in [0, 0.1) is 13.8 Å². The highest BCUT2D eigenvalue weighted by Gasteiger charge is 2.12. The number of aromatic nitrogens is 1. The average Bonchev–Trinajstić information content (AvgIpc) is 2.67. The monoisotopic (exact) mass is 265 g/mol.